The van der Waals surface area contributed by atoms with Gasteiger partial charge in [-0.3, -0.25) is 0 Å². The summed E-state index contributed by atoms with van der Waals surface area (Å²) in [6.07, 6.45) is 6.38. The van der Waals surface area contributed by atoms with Crippen LogP contribution < -0.4 is 0 Å². The summed E-state index contributed by atoms with van der Waals surface area (Å²) in [6.45, 7) is 0. The van der Waals surface area contributed by atoms with Gasteiger partial charge in [0.15, 0.2) is 0 Å². The van der Waals surface area contributed by atoms with Crippen molar-refractivity contribution in [1.29, 1.82) is 0 Å². The van der Waals surface area contributed by atoms with E-state index >= 15 is 0 Å². The lowest BCUT2D eigenvalue weighted by Crippen LogP contribution is -2.11. The molecule has 0 spiro atoms. The van der Waals surface area contributed by atoms with Crippen molar-refractivity contribution in [3.8, 4) is 0 Å². The average Bonchev–Trinajstić information content (AvgIpc) is 2.58. The molecule has 0 saturated heterocycles. The molecule has 1 heterocycles. The van der Waals surface area contributed by atoms with E-state index in [1.54, 1.807) is 0 Å². The van der Waals surface area contributed by atoms with E-state index in [9.17, 15) is 0 Å². The largest absolute Gasteiger partial charge is 0.117 e. The first-order valence-corrected chi connectivity index (χ1v) is 7.28. The Balaban J connectivity index is 2.12. The predicted molar refractivity (Wildman–Crippen MR) is 69.5 cm³/mol. The number of thiophene rings is 1. The minimum atomic E-state index is 0.0431. The molecule has 0 nitrogen and oxygen atoms in total. The van der Waals surface area contributed by atoms with Gasteiger partial charge in [0.2, 0.25) is 0 Å². The third kappa shape index (κ3) is 2.82. The second kappa shape index (κ2) is 5.27. The minimum Gasteiger partial charge on any atom is -0.117 e. The van der Waals surface area contributed by atoms with Crippen LogP contribution in [0.5, 0.6) is 0 Å². The molecule has 1 aromatic rings. The van der Waals surface area contributed by atoms with Gasteiger partial charge in [0.25, 0.3) is 0 Å². The number of alkyl halides is 1. The first-order valence-electron chi connectivity index (χ1n) is 5.27. The second-order valence-electron chi connectivity index (χ2n) is 4.08. The molecule has 1 atom stereocenters. The van der Waals surface area contributed by atoms with Crippen LogP contribution in [0.1, 0.15) is 43.0 Å². The van der Waals surface area contributed by atoms with Gasteiger partial charge >= 0.3 is 0 Å². The van der Waals surface area contributed by atoms with Crippen LogP contribution in [0.4, 0.5) is 0 Å². The molecule has 15 heavy (non-hydrogen) atoms. The molecule has 1 aromatic heterocycles. The normalized spacial score (nSPS) is 20.5. The van der Waals surface area contributed by atoms with Gasteiger partial charge in [0.05, 0.1) is 14.0 Å². The molecule has 0 N–H and O–H groups in total. The lowest BCUT2D eigenvalue weighted by molar-refractivity contribution is 0.349. The molecule has 4 heteroatoms. The molecule has 0 bridgehead atoms. The van der Waals surface area contributed by atoms with Gasteiger partial charge in [-0.25, -0.2) is 0 Å². The molecule has 1 aliphatic rings. The SMILES string of the molecule is Clc1cc(C(Cl)C2CCCCC2)c(Cl)s1. The Labute approximate surface area is 110 Å². The number of halogens is 3. The van der Waals surface area contributed by atoms with Gasteiger partial charge < -0.3 is 0 Å². The quantitative estimate of drug-likeness (QED) is 0.591. The van der Waals surface area contributed by atoms with Crippen molar-refractivity contribution >= 4 is 46.1 Å². The molecular weight excluding hydrogens is 271 g/mol. The Bertz CT molecular complexity index is 329. The van der Waals surface area contributed by atoms with Crippen LogP contribution in [-0.2, 0) is 0 Å². The van der Waals surface area contributed by atoms with Gasteiger partial charge in [-0.2, -0.15) is 0 Å². The summed E-state index contributed by atoms with van der Waals surface area (Å²) in [5, 5.41) is 0.0431. The van der Waals surface area contributed by atoms with E-state index in [1.807, 2.05) is 6.07 Å². The number of hydrogen-bond acceptors (Lipinski definition) is 1. The molecule has 0 aromatic carbocycles. The van der Waals surface area contributed by atoms with Gasteiger partial charge in [0, 0.05) is 5.56 Å². The highest BCUT2D eigenvalue weighted by atomic mass is 35.5. The van der Waals surface area contributed by atoms with E-state index < -0.39 is 0 Å². The van der Waals surface area contributed by atoms with Crippen molar-refractivity contribution < 1.29 is 0 Å². The molecule has 1 saturated carbocycles. The molecule has 1 aliphatic carbocycles. The van der Waals surface area contributed by atoms with Crippen LogP contribution in [0.25, 0.3) is 0 Å². The van der Waals surface area contributed by atoms with Crippen LogP contribution >= 0.6 is 46.1 Å². The fourth-order valence-electron chi connectivity index (χ4n) is 2.22. The van der Waals surface area contributed by atoms with E-state index in [1.165, 1.54) is 43.4 Å². The smallest absolute Gasteiger partial charge is 0.0991 e. The fourth-order valence-corrected chi connectivity index (χ4v) is 4.32. The summed E-state index contributed by atoms with van der Waals surface area (Å²) < 4.78 is 1.49. The van der Waals surface area contributed by atoms with Crippen molar-refractivity contribution in [2.45, 2.75) is 37.5 Å². The third-order valence-corrected chi connectivity index (χ3v) is 5.15. The second-order valence-corrected chi connectivity index (χ2v) is 6.84. The standard InChI is InChI=1S/C11H13Cl3S/c12-9-6-8(11(14)15-9)10(13)7-4-2-1-3-5-7/h6-7,10H,1-5H2. The average molecular weight is 284 g/mol. The van der Waals surface area contributed by atoms with Crippen molar-refractivity contribution in [1.82, 2.24) is 0 Å². The maximum atomic E-state index is 6.47. The van der Waals surface area contributed by atoms with E-state index in [4.69, 9.17) is 34.8 Å². The summed E-state index contributed by atoms with van der Waals surface area (Å²) in [5.74, 6) is 0.573. The van der Waals surface area contributed by atoms with E-state index in [-0.39, 0.29) is 5.38 Å². The lowest BCUT2D eigenvalue weighted by atomic mass is 9.85. The zero-order valence-corrected chi connectivity index (χ0v) is 11.4. The Morgan fingerprint density at radius 3 is 2.40 bits per heavy atom. The van der Waals surface area contributed by atoms with Crippen LogP contribution in [0.2, 0.25) is 8.67 Å². The number of hydrogen-bond donors (Lipinski definition) is 0. The van der Waals surface area contributed by atoms with Gasteiger partial charge in [-0.05, 0) is 24.8 Å². The van der Waals surface area contributed by atoms with E-state index in [0.717, 1.165) is 14.2 Å². The van der Waals surface area contributed by atoms with Gasteiger partial charge in [-0.1, -0.05) is 42.5 Å². The molecule has 1 unspecified atom stereocenters. The van der Waals surface area contributed by atoms with Crippen LogP contribution in [0.3, 0.4) is 0 Å². The van der Waals surface area contributed by atoms with Crippen molar-refractivity contribution in [2.75, 3.05) is 0 Å². The summed E-state index contributed by atoms with van der Waals surface area (Å²) >= 11 is 19.9. The van der Waals surface area contributed by atoms with Crippen molar-refractivity contribution in [3.63, 3.8) is 0 Å². The first-order chi connectivity index (χ1) is 7.18. The Morgan fingerprint density at radius 2 is 1.87 bits per heavy atom. The fraction of sp³-hybridized carbons (Fsp3) is 0.636. The van der Waals surface area contributed by atoms with E-state index in [0.29, 0.717) is 5.92 Å². The molecule has 2 rings (SSSR count). The Hall–Kier alpha value is 0.570. The van der Waals surface area contributed by atoms with Crippen LogP contribution in [0, 0.1) is 5.92 Å². The Morgan fingerprint density at radius 1 is 1.20 bits per heavy atom. The van der Waals surface area contributed by atoms with Gasteiger partial charge in [0.1, 0.15) is 0 Å². The molecule has 84 valence electrons. The summed E-state index contributed by atoms with van der Waals surface area (Å²) in [6, 6.07) is 1.92. The molecule has 0 amide bonds. The summed E-state index contributed by atoms with van der Waals surface area (Å²) in [5.41, 5.74) is 1.03. The highest BCUT2D eigenvalue weighted by Gasteiger charge is 2.25. The van der Waals surface area contributed by atoms with Crippen molar-refractivity contribution in [2.24, 2.45) is 5.92 Å². The zero-order valence-electron chi connectivity index (χ0n) is 8.31. The molecule has 0 aliphatic heterocycles. The lowest BCUT2D eigenvalue weighted by Gasteiger charge is -2.25. The Kier molecular flexibility index (Phi) is 4.23. The van der Waals surface area contributed by atoms with Crippen LogP contribution in [-0.4, -0.2) is 0 Å². The minimum absolute atomic E-state index is 0.0431. The number of rotatable bonds is 2. The zero-order chi connectivity index (χ0) is 10.8. The maximum Gasteiger partial charge on any atom is 0.0991 e. The highest BCUT2D eigenvalue weighted by molar-refractivity contribution is 7.20. The molecule has 0 radical (unpaired) electrons. The summed E-state index contributed by atoms with van der Waals surface area (Å²) in [7, 11) is 0. The van der Waals surface area contributed by atoms with Crippen molar-refractivity contribution in [3.05, 3.63) is 20.3 Å². The van der Waals surface area contributed by atoms with E-state index in [2.05, 4.69) is 0 Å². The van der Waals surface area contributed by atoms with Crippen LogP contribution in [0.15, 0.2) is 6.07 Å². The highest BCUT2D eigenvalue weighted by Crippen LogP contribution is 2.44. The summed E-state index contributed by atoms with van der Waals surface area (Å²) in [4.78, 5) is 0. The van der Waals surface area contributed by atoms with Gasteiger partial charge in [-0.15, -0.1) is 22.9 Å². The monoisotopic (exact) mass is 282 g/mol. The topological polar surface area (TPSA) is 0 Å². The third-order valence-electron chi connectivity index (χ3n) is 3.04. The molecule has 1 fully saturated rings. The first kappa shape index (κ1) is 12.0. The molecular formula is C11H13Cl3S. The predicted octanol–water partition coefficient (Wildman–Crippen LogP) is 5.92. The maximum absolute atomic E-state index is 6.47.